The number of aromatic nitrogens is 2. The quantitative estimate of drug-likeness (QED) is 0.824. The first-order valence-corrected chi connectivity index (χ1v) is 5.34. The number of aryl methyl sites for hydroxylation is 1. The minimum atomic E-state index is 1.07. The molecule has 0 aliphatic rings. The van der Waals surface area contributed by atoms with Crippen molar-refractivity contribution in [1.82, 2.24) is 15.1 Å². The van der Waals surface area contributed by atoms with Crippen LogP contribution in [0.15, 0.2) is 24.3 Å². The second kappa shape index (κ2) is 4.45. The molecule has 1 N–H and O–H groups in total. The van der Waals surface area contributed by atoms with Crippen molar-refractivity contribution < 1.29 is 0 Å². The molecule has 0 saturated carbocycles. The second-order valence-corrected chi connectivity index (χ2v) is 4.13. The standard InChI is InChI=1S/C12H17N3/c1-15(2)9-5-8-12-10-6-3-4-7-11(10)13-14-12/h3-4,6-7H,5,8-9H2,1-2H3,(H,13,14). The predicted molar refractivity (Wildman–Crippen MR) is 63.0 cm³/mol. The van der Waals surface area contributed by atoms with Crippen LogP contribution >= 0.6 is 0 Å². The largest absolute Gasteiger partial charge is 0.309 e. The summed E-state index contributed by atoms with van der Waals surface area (Å²) in [4.78, 5) is 2.21. The number of H-pyrrole nitrogens is 1. The molecule has 0 radical (unpaired) electrons. The number of benzene rings is 1. The molecule has 0 unspecified atom stereocenters. The highest BCUT2D eigenvalue weighted by Crippen LogP contribution is 2.16. The van der Waals surface area contributed by atoms with Gasteiger partial charge in [-0.1, -0.05) is 18.2 Å². The fourth-order valence-corrected chi connectivity index (χ4v) is 1.78. The lowest BCUT2D eigenvalue weighted by Crippen LogP contribution is -2.13. The van der Waals surface area contributed by atoms with Crippen LogP contribution in [0.4, 0.5) is 0 Å². The van der Waals surface area contributed by atoms with Crippen LogP contribution in [0.25, 0.3) is 10.9 Å². The van der Waals surface area contributed by atoms with Crippen LogP contribution in [0.1, 0.15) is 12.1 Å². The molecule has 2 aromatic rings. The first-order chi connectivity index (χ1) is 7.27. The van der Waals surface area contributed by atoms with Gasteiger partial charge in [0.15, 0.2) is 0 Å². The number of aromatic amines is 1. The zero-order chi connectivity index (χ0) is 10.7. The minimum Gasteiger partial charge on any atom is -0.309 e. The van der Waals surface area contributed by atoms with E-state index in [0.29, 0.717) is 0 Å². The van der Waals surface area contributed by atoms with Crippen molar-refractivity contribution in [3.8, 4) is 0 Å². The van der Waals surface area contributed by atoms with E-state index in [1.54, 1.807) is 0 Å². The van der Waals surface area contributed by atoms with Crippen LogP contribution in [0.2, 0.25) is 0 Å². The number of hydrogen-bond donors (Lipinski definition) is 1. The molecule has 0 bridgehead atoms. The van der Waals surface area contributed by atoms with Crippen LogP contribution in [0.3, 0.4) is 0 Å². The highest BCUT2D eigenvalue weighted by Gasteiger charge is 2.03. The van der Waals surface area contributed by atoms with Gasteiger partial charge in [-0.05, 0) is 39.5 Å². The van der Waals surface area contributed by atoms with Crippen LogP contribution in [-0.4, -0.2) is 35.7 Å². The van der Waals surface area contributed by atoms with Crippen molar-refractivity contribution >= 4 is 10.9 Å². The number of rotatable bonds is 4. The van der Waals surface area contributed by atoms with Gasteiger partial charge in [0.2, 0.25) is 0 Å². The Morgan fingerprint density at radius 3 is 2.87 bits per heavy atom. The summed E-state index contributed by atoms with van der Waals surface area (Å²) < 4.78 is 0. The Morgan fingerprint density at radius 2 is 2.07 bits per heavy atom. The summed E-state index contributed by atoms with van der Waals surface area (Å²) >= 11 is 0. The molecule has 1 aromatic carbocycles. The Morgan fingerprint density at radius 1 is 1.27 bits per heavy atom. The molecule has 0 saturated heterocycles. The molecule has 0 amide bonds. The monoisotopic (exact) mass is 203 g/mol. The van der Waals surface area contributed by atoms with E-state index in [-0.39, 0.29) is 0 Å². The third-order valence-corrected chi connectivity index (χ3v) is 2.57. The summed E-state index contributed by atoms with van der Waals surface area (Å²) in [7, 11) is 4.20. The third kappa shape index (κ3) is 2.36. The lowest BCUT2D eigenvalue weighted by molar-refractivity contribution is 0.400. The highest BCUT2D eigenvalue weighted by molar-refractivity contribution is 5.81. The molecule has 1 heterocycles. The zero-order valence-electron chi connectivity index (χ0n) is 9.33. The van der Waals surface area contributed by atoms with E-state index in [4.69, 9.17) is 0 Å². The maximum Gasteiger partial charge on any atom is 0.0923 e. The summed E-state index contributed by atoms with van der Waals surface area (Å²) in [6, 6.07) is 8.26. The van der Waals surface area contributed by atoms with Crippen molar-refractivity contribution in [2.75, 3.05) is 20.6 Å². The van der Waals surface area contributed by atoms with E-state index in [2.05, 4.69) is 41.3 Å². The van der Waals surface area contributed by atoms with Gasteiger partial charge >= 0.3 is 0 Å². The van der Waals surface area contributed by atoms with Gasteiger partial charge in [-0.2, -0.15) is 5.10 Å². The van der Waals surface area contributed by atoms with Gasteiger partial charge in [0, 0.05) is 11.1 Å². The van der Waals surface area contributed by atoms with Crippen molar-refractivity contribution in [2.24, 2.45) is 0 Å². The molecular formula is C12H17N3. The minimum absolute atomic E-state index is 1.07. The zero-order valence-corrected chi connectivity index (χ0v) is 9.33. The smallest absolute Gasteiger partial charge is 0.0923 e. The number of nitrogens with zero attached hydrogens (tertiary/aromatic N) is 2. The Labute approximate surface area is 90.1 Å². The van der Waals surface area contributed by atoms with Crippen LogP contribution in [0.5, 0.6) is 0 Å². The van der Waals surface area contributed by atoms with Gasteiger partial charge in [-0.15, -0.1) is 0 Å². The molecule has 2 rings (SSSR count). The van der Waals surface area contributed by atoms with E-state index in [1.165, 1.54) is 17.5 Å². The third-order valence-electron chi connectivity index (χ3n) is 2.57. The molecule has 80 valence electrons. The van der Waals surface area contributed by atoms with E-state index < -0.39 is 0 Å². The maximum atomic E-state index is 4.28. The number of hydrogen-bond acceptors (Lipinski definition) is 2. The molecular weight excluding hydrogens is 186 g/mol. The molecule has 0 spiro atoms. The van der Waals surface area contributed by atoms with Gasteiger partial charge in [-0.25, -0.2) is 0 Å². The fraction of sp³-hybridized carbons (Fsp3) is 0.417. The lowest BCUT2D eigenvalue weighted by Gasteiger charge is -2.07. The number of nitrogens with one attached hydrogen (secondary N) is 1. The second-order valence-electron chi connectivity index (χ2n) is 4.13. The van der Waals surface area contributed by atoms with Gasteiger partial charge in [0.25, 0.3) is 0 Å². The molecule has 0 aliphatic heterocycles. The van der Waals surface area contributed by atoms with E-state index >= 15 is 0 Å². The van der Waals surface area contributed by atoms with Gasteiger partial charge in [0.1, 0.15) is 0 Å². The van der Waals surface area contributed by atoms with E-state index in [9.17, 15) is 0 Å². The first-order valence-electron chi connectivity index (χ1n) is 5.34. The van der Waals surface area contributed by atoms with Crippen molar-refractivity contribution in [3.63, 3.8) is 0 Å². The molecule has 15 heavy (non-hydrogen) atoms. The number of fused-ring (bicyclic) bond motifs is 1. The Bertz CT molecular complexity index is 431. The lowest BCUT2D eigenvalue weighted by atomic mass is 10.1. The summed E-state index contributed by atoms with van der Waals surface area (Å²) in [5.41, 5.74) is 2.32. The molecule has 0 atom stereocenters. The average Bonchev–Trinajstić information content (AvgIpc) is 2.62. The van der Waals surface area contributed by atoms with E-state index in [0.717, 1.165) is 18.5 Å². The Kier molecular flexibility index (Phi) is 3.02. The Balaban J connectivity index is 2.08. The molecule has 3 nitrogen and oxygen atoms in total. The normalized spacial score (nSPS) is 11.4. The highest BCUT2D eigenvalue weighted by atomic mass is 15.1. The predicted octanol–water partition coefficient (Wildman–Crippen LogP) is 2.06. The molecule has 1 aromatic heterocycles. The van der Waals surface area contributed by atoms with Gasteiger partial charge in [-0.3, -0.25) is 5.10 Å². The first kappa shape index (κ1) is 10.2. The van der Waals surface area contributed by atoms with Gasteiger partial charge < -0.3 is 4.90 Å². The van der Waals surface area contributed by atoms with Crippen molar-refractivity contribution in [3.05, 3.63) is 30.0 Å². The number of para-hydroxylation sites is 1. The van der Waals surface area contributed by atoms with E-state index in [1.807, 2.05) is 12.1 Å². The van der Waals surface area contributed by atoms with Crippen molar-refractivity contribution in [1.29, 1.82) is 0 Å². The summed E-state index contributed by atoms with van der Waals surface area (Å²) in [5, 5.41) is 8.66. The summed E-state index contributed by atoms with van der Waals surface area (Å²) in [6.45, 7) is 1.12. The topological polar surface area (TPSA) is 31.9 Å². The average molecular weight is 203 g/mol. The van der Waals surface area contributed by atoms with Crippen molar-refractivity contribution in [2.45, 2.75) is 12.8 Å². The molecule has 3 heteroatoms. The molecule has 0 aliphatic carbocycles. The summed E-state index contributed by atoms with van der Waals surface area (Å²) in [6.07, 6.45) is 2.23. The maximum absolute atomic E-state index is 4.28. The van der Waals surface area contributed by atoms with Crippen LogP contribution < -0.4 is 0 Å². The fourth-order valence-electron chi connectivity index (χ4n) is 1.78. The van der Waals surface area contributed by atoms with Crippen LogP contribution in [0, 0.1) is 0 Å². The van der Waals surface area contributed by atoms with Gasteiger partial charge in [0.05, 0.1) is 5.52 Å². The summed E-state index contributed by atoms with van der Waals surface area (Å²) in [5.74, 6) is 0. The SMILES string of the molecule is CN(C)CCCc1[nH]nc2ccccc12. The van der Waals surface area contributed by atoms with Crippen LogP contribution in [-0.2, 0) is 6.42 Å². The Hall–Kier alpha value is -1.35. The molecule has 0 fully saturated rings.